The highest BCUT2D eigenvalue weighted by Crippen LogP contribution is 2.29. The van der Waals surface area contributed by atoms with E-state index in [-0.39, 0.29) is 23.7 Å². The first kappa shape index (κ1) is 25.3. The van der Waals surface area contributed by atoms with Crippen LogP contribution in [0.5, 0.6) is 0 Å². The smallest absolute Gasteiger partial charge is 0.255 e. The van der Waals surface area contributed by atoms with E-state index < -0.39 is 12.7 Å². The largest absolute Gasteiger partial charge is 0.372 e. The third-order valence-corrected chi connectivity index (χ3v) is 6.54. The second kappa shape index (κ2) is 10.9. The van der Waals surface area contributed by atoms with Crippen molar-refractivity contribution >= 4 is 28.7 Å². The van der Waals surface area contributed by atoms with Crippen molar-refractivity contribution in [1.82, 2.24) is 25.1 Å². The Morgan fingerprint density at radius 1 is 1.19 bits per heavy atom. The van der Waals surface area contributed by atoms with Gasteiger partial charge in [-0.1, -0.05) is 24.3 Å². The molecular weight excluding hydrogens is 459 g/mol. The molecule has 9 heteroatoms. The van der Waals surface area contributed by atoms with Crippen LogP contribution in [0.15, 0.2) is 42.5 Å². The maximum atomic E-state index is 13.6. The van der Waals surface area contributed by atoms with Crippen LogP contribution < -0.4 is 10.6 Å². The number of carbonyl (C=O) groups excluding carboxylic acids is 2. The number of benzene rings is 2. The van der Waals surface area contributed by atoms with Crippen molar-refractivity contribution in [1.29, 1.82) is 5.41 Å². The maximum absolute atomic E-state index is 13.6. The van der Waals surface area contributed by atoms with E-state index in [9.17, 15) is 14.0 Å². The van der Waals surface area contributed by atoms with Crippen molar-refractivity contribution in [3.05, 3.63) is 65.0 Å². The Kier molecular flexibility index (Phi) is 7.67. The highest BCUT2D eigenvalue weighted by Gasteiger charge is 2.32. The van der Waals surface area contributed by atoms with E-state index in [0.717, 1.165) is 22.4 Å². The summed E-state index contributed by atoms with van der Waals surface area (Å²) in [5, 5.41) is 13.4. The molecule has 0 spiro atoms. The first-order valence-corrected chi connectivity index (χ1v) is 12.4. The molecule has 0 bridgehead atoms. The minimum absolute atomic E-state index is 0.102. The summed E-state index contributed by atoms with van der Waals surface area (Å²) in [6, 6.07) is 12.9. The van der Waals surface area contributed by atoms with E-state index >= 15 is 0 Å². The standard InChI is InChI=1S/C27H33FN6O2/c1-4-33-16-18-9-7-10-19(24(18)27(33)36)26(35)32-21(12-8-14-30-23(29)15-28)25-31-20-11-5-6-13-22(20)34(25)17(2)3/h5-7,9-11,13,17,21H,4,8,12,14-16H2,1-3H3,(H2,29,30)(H,32,35)/t21-/m0/s1. The van der Waals surface area contributed by atoms with E-state index in [4.69, 9.17) is 10.4 Å². The molecule has 0 radical (unpaired) electrons. The molecular formula is C27H33FN6O2. The van der Waals surface area contributed by atoms with Gasteiger partial charge in [-0.25, -0.2) is 9.37 Å². The molecule has 1 atom stereocenters. The minimum Gasteiger partial charge on any atom is -0.372 e. The average molecular weight is 493 g/mol. The third-order valence-electron chi connectivity index (χ3n) is 6.54. The van der Waals surface area contributed by atoms with Gasteiger partial charge in [-0.2, -0.15) is 0 Å². The minimum atomic E-state index is -0.842. The molecule has 1 aromatic heterocycles. The molecule has 1 aliphatic rings. The number of amidine groups is 1. The van der Waals surface area contributed by atoms with Crippen LogP contribution in [0.25, 0.3) is 11.0 Å². The number of nitrogens with one attached hydrogen (secondary N) is 3. The van der Waals surface area contributed by atoms with Crippen molar-refractivity contribution < 1.29 is 14.0 Å². The van der Waals surface area contributed by atoms with Gasteiger partial charge in [-0.15, -0.1) is 0 Å². The monoisotopic (exact) mass is 492 g/mol. The first-order valence-electron chi connectivity index (χ1n) is 12.4. The van der Waals surface area contributed by atoms with Crippen LogP contribution in [-0.2, 0) is 6.54 Å². The summed E-state index contributed by atoms with van der Waals surface area (Å²) >= 11 is 0. The summed E-state index contributed by atoms with van der Waals surface area (Å²) in [6.45, 7) is 6.71. The lowest BCUT2D eigenvalue weighted by Crippen LogP contribution is -2.33. The number of aromatic nitrogens is 2. The fourth-order valence-electron chi connectivity index (χ4n) is 4.81. The van der Waals surface area contributed by atoms with Gasteiger partial charge in [-0.05, 0) is 57.4 Å². The topological polar surface area (TPSA) is 103 Å². The molecule has 0 saturated heterocycles. The normalized spacial score (nSPS) is 13.8. The average Bonchev–Trinajstić information content (AvgIpc) is 3.43. The van der Waals surface area contributed by atoms with Crippen LogP contribution in [0.1, 0.15) is 77.8 Å². The Hall–Kier alpha value is -3.75. The molecule has 1 aliphatic heterocycles. The molecule has 0 saturated carbocycles. The lowest BCUT2D eigenvalue weighted by Gasteiger charge is -2.23. The fourth-order valence-corrected chi connectivity index (χ4v) is 4.81. The first-order chi connectivity index (χ1) is 17.3. The predicted octanol–water partition coefficient (Wildman–Crippen LogP) is 4.38. The number of para-hydroxylation sites is 2. The lowest BCUT2D eigenvalue weighted by atomic mass is 10.0. The summed E-state index contributed by atoms with van der Waals surface area (Å²) in [5.74, 6) is 0.117. The van der Waals surface area contributed by atoms with E-state index in [0.29, 0.717) is 43.6 Å². The molecule has 2 aromatic carbocycles. The SMILES string of the molecule is CCN1Cc2cccc(C(=O)N[C@@H](CCCNC(=N)CF)c3nc4ccccc4n3C(C)C)c2C1=O. The number of carbonyl (C=O) groups is 2. The molecule has 8 nitrogen and oxygen atoms in total. The van der Waals surface area contributed by atoms with Crippen molar-refractivity contribution in [2.75, 3.05) is 19.8 Å². The Morgan fingerprint density at radius 3 is 2.69 bits per heavy atom. The van der Waals surface area contributed by atoms with Crippen LogP contribution >= 0.6 is 0 Å². The van der Waals surface area contributed by atoms with Crippen LogP contribution in [-0.4, -0.2) is 51.9 Å². The van der Waals surface area contributed by atoms with Crippen molar-refractivity contribution in [2.45, 2.75) is 52.2 Å². The highest BCUT2D eigenvalue weighted by atomic mass is 19.1. The second-order valence-electron chi connectivity index (χ2n) is 9.29. The number of halogens is 1. The molecule has 0 fully saturated rings. The lowest BCUT2D eigenvalue weighted by molar-refractivity contribution is 0.0780. The molecule has 2 heterocycles. The molecule has 0 aliphatic carbocycles. The third kappa shape index (κ3) is 4.96. The zero-order valence-corrected chi connectivity index (χ0v) is 21.0. The summed E-state index contributed by atoms with van der Waals surface area (Å²) in [5.41, 5.74) is 3.50. The molecule has 3 aromatic rings. The van der Waals surface area contributed by atoms with Gasteiger partial charge in [-0.3, -0.25) is 15.0 Å². The van der Waals surface area contributed by atoms with Crippen LogP contribution in [0, 0.1) is 5.41 Å². The molecule has 190 valence electrons. The summed E-state index contributed by atoms with van der Waals surface area (Å²) in [6.07, 6.45) is 1.11. The van der Waals surface area contributed by atoms with Gasteiger partial charge >= 0.3 is 0 Å². The molecule has 36 heavy (non-hydrogen) atoms. The Morgan fingerprint density at radius 2 is 1.97 bits per heavy atom. The molecule has 0 unspecified atom stereocenters. The number of alkyl halides is 1. The van der Waals surface area contributed by atoms with Gasteiger partial charge < -0.3 is 20.1 Å². The Bertz CT molecular complexity index is 1280. The maximum Gasteiger partial charge on any atom is 0.255 e. The number of hydrogen-bond acceptors (Lipinski definition) is 4. The number of rotatable bonds is 10. The summed E-state index contributed by atoms with van der Waals surface area (Å²) in [7, 11) is 0. The van der Waals surface area contributed by atoms with Crippen molar-refractivity contribution in [3.63, 3.8) is 0 Å². The van der Waals surface area contributed by atoms with Crippen LogP contribution in [0.2, 0.25) is 0 Å². The van der Waals surface area contributed by atoms with Gasteiger partial charge in [0.2, 0.25) is 0 Å². The van der Waals surface area contributed by atoms with Crippen molar-refractivity contribution in [3.8, 4) is 0 Å². The summed E-state index contributed by atoms with van der Waals surface area (Å²) in [4.78, 5) is 33.1. The second-order valence-corrected chi connectivity index (χ2v) is 9.29. The van der Waals surface area contributed by atoms with Gasteiger partial charge in [0.1, 0.15) is 18.3 Å². The quantitative estimate of drug-likeness (QED) is 0.222. The zero-order chi connectivity index (χ0) is 25.8. The van der Waals surface area contributed by atoms with E-state index in [2.05, 4.69) is 29.0 Å². The number of fused-ring (bicyclic) bond motifs is 2. The van der Waals surface area contributed by atoms with Gasteiger partial charge in [0, 0.05) is 25.7 Å². The zero-order valence-electron chi connectivity index (χ0n) is 21.0. The van der Waals surface area contributed by atoms with Crippen LogP contribution in [0.3, 0.4) is 0 Å². The number of imidazole rings is 1. The predicted molar refractivity (Wildman–Crippen MR) is 138 cm³/mol. The molecule has 4 rings (SSSR count). The van der Waals surface area contributed by atoms with Gasteiger partial charge in [0.15, 0.2) is 0 Å². The van der Waals surface area contributed by atoms with Gasteiger partial charge in [0.05, 0.1) is 28.2 Å². The number of hydrogen-bond donors (Lipinski definition) is 3. The highest BCUT2D eigenvalue weighted by molar-refractivity contribution is 6.09. The van der Waals surface area contributed by atoms with E-state index in [1.54, 1.807) is 11.0 Å². The van der Waals surface area contributed by atoms with E-state index in [1.165, 1.54) is 0 Å². The number of amides is 2. The Balaban J connectivity index is 1.66. The molecule has 3 N–H and O–H groups in total. The van der Waals surface area contributed by atoms with Gasteiger partial charge in [0.25, 0.3) is 11.8 Å². The van der Waals surface area contributed by atoms with Crippen LogP contribution in [0.4, 0.5) is 4.39 Å². The van der Waals surface area contributed by atoms with Crippen molar-refractivity contribution in [2.24, 2.45) is 0 Å². The van der Waals surface area contributed by atoms with E-state index in [1.807, 2.05) is 43.3 Å². The molecule has 2 amide bonds. The Labute approximate surface area is 210 Å². The fraction of sp³-hybridized carbons (Fsp3) is 0.407. The number of nitrogens with zero attached hydrogens (tertiary/aromatic N) is 3. The summed E-state index contributed by atoms with van der Waals surface area (Å²) < 4.78 is 14.8.